The van der Waals surface area contributed by atoms with Gasteiger partial charge < -0.3 is 10.1 Å². The van der Waals surface area contributed by atoms with Crippen molar-refractivity contribution >= 4 is 23.1 Å². The topological polar surface area (TPSA) is 33.6 Å². The van der Waals surface area contributed by atoms with Crippen LogP contribution in [-0.2, 0) is 6.18 Å². The third-order valence-electron chi connectivity index (χ3n) is 3.89. The molecule has 0 spiro atoms. The van der Waals surface area contributed by atoms with Crippen molar-refractivity contribution in [1.82, 2.24) is 0 Å². The molecule has 0 amide bonds. The zero-order valence-corrected chi connectivity index (χ0v) is 15.7. The molecular formula is C19H20ClF3N2O. The lowest BCUT2D eigenvalue weighted by Gasteiger charge is -2.17. The Bertz CT molecular complexity index is 832. The maximum Gasteiger partial charge on any atom is 0.417 e. The number of amidine groups is 1. The van der Waals surface area contributed by atoms with Crippen LogP contribution in [-0.4, -0.2) is 12.9 Å². The lowest BCUT2D eigenvalue weighted by atomic mass is 10.1. The van der Waals surface area contributed by atoms with Crippen molar-refractivity contribution < 1.29 is 17.9 Å². The van der Waals surface area contributed by atoms with Gasteiger partial charge in [0.2, 0.25) is 0 Å². The van der Waals surface area contributed by atoms with Gasteiger partial charge in [0, 0.05) is 19.2 Å². The van der Waals surface area contributed by atoms with Gasteiger partial charge in [-0.25, -0.2) is 0 Å². The summed E-state index contributed by atoms with van der Waals surface area (Å²) in [6.45, 7) is 5.69. The van der Waals surface area contributed by atoms with E-state index in [-0.39, 0.29) is 5.75 Å². The highest BCUT2D eigenvalue weighted by molar-refractivity contribution is 6.32. The molecule has 2 rings (SSSR count). The van der Waals surface area contributed by atoms with Gasteiger partial charge in [-0.15, -0.1) is 0 Å². The molecule has 26 heavy (non-hydrogen) atoms. The zero-order valence-electron chi connectivity index (χ0n) is 15.0. The minimum absolute atomic E-state index is 0.0333. The van der Waals surface area contributed by atoms with Gasteiger partial charge in [-0.2, -0.15) is 13.2 Å². The van der Waals surface area contributed by atoms with E-state index in [1.807, 2.05) is 26.8 Å². The molecule has 0 aromatic heterocycles. The van der Waals surface area contributed by atoms with Gasteiger partial charge >= 0.3 is 6.18 Å². The SMILES string of the molecule is CCC(=NC)Nc1cc(C)c(Oc2cccc(C(F)(F)F)c2Cl)cc1C. The van der Waals surface area contributed by atoms with Gasteiger partial charge in [-0.05, 0) is 49.2 Å². The smallest absolute Gasteiger partial charge is 0.417 e. The molecule has 7 heteroatoms. The molecule has 0 heterocycles. The third kappa shape index (κ3) is 4.49. The van der Waals surface area contributed by atoms with E-state index in [1.165, 1.54) is 12.1 Å². The van der Waals surface area contributed by atoms with E-state index in [0.29, 0.717) is 5.75 Å². The Labute approximate surface area is 155 Å². The maximum atomic E-state index is 13.0. The molecule has 0 bridgehead atoms. The Kier molecular flexibility index (Phi) is 6.18. The summed E-state index contributed by atoms with van der Waals surface area (Å²) < 4.78 is 44.7. The van der Waals surface area contributed by atoms with Gasteiger partial charge in [0.1, 0.15) is 17.3 Å². The first-order valence-corrected chi connectivity index (χ1v) is 8.42. The first-order valence-electron chi connectivity index (χ1n) is 8.04. The van der Waals surface area contributed by atoms with Gasteiger partial charge in [0.05, 0.1) is 10.6 Å². The molecule has 0 aliphatic carbocycles. The number of hydrogen-bond acceptors (Lipinski definition) is 2. The number of aliphatic imine (C=N–C) groups is 1. The van der Waals surface area contributed by atoms with Crippen LogP contribution in [0.3, 0.4) is 0 Å². The van der Waals surface area contributed by atoms with Crippen LogP contribution < -0.4 is 10.1 Å². The summed E-state index contributed by atoms with van der Waals surface area (Å²) in [5, 5.41) is 2.79. The standard InChI is InChI=1S/C19H20ClF3N2O/c1-5-17(24-4)25-14-9-12(3)16(10-11(14)2)26-15-8-6-7-13(18(15)20)19(21,22)23/h6-10H,5H2,1-4H3,(H,24,25). The molecule has 0 radical (unpaired) electrons. The highest BCUT2D eigenvalue weighted by Gasteiger charge is 2.34. The number of rotatable bonds is 4. The minimum Gasteiger partial charge on any atom is -0.456 e. The predicted molar refractivity (Wildman–Crippen MR) is 99.7 cm³/mol. The molecule has 0 saturated heterocycles. The largest absolute Gasteiger partial charge is 0.456 e. The van der Waals surface area contributed by atoms with E-state index in [9.17, 15) is 13.2 Å². The van der Waals surface area contributed by atoms with Gasteiger partial charge in [-0.1, -0.05) is 24.6 Å². The van der Waals surface area contributed by atoms with Crippen molar-refractivity contribution in [2.24, 2.45) is 4.99 Å². The average molecular weight is 385 g/mol. The van der Waals surface area contributed by atoms with Gasteiger partial charge in [0.15, 0.2) is 0 Å². The molecule has 0 fully saturated rings. The lowest BCUT2D eigenvalue weighted by Crippen LogP contribution is -2.11. The normalized spacial score (nSPS) is 12.2. The summed E-state index contributed by atoms with van der Waals surface area (Å²) >= 11 is 5.90. The van der Waals surface area contributed by atoms with Crippen LogP contribution in [0.5, 0.6) is 11.5 Å². The number of hydrogen-bond donors (Lipinski definition) is 1. The molecule has 0 aliphatic rings. The Balaban J connectivity index is 2.36. The number of alkyl halides is 3. The van der Waals surface area contributed by atoms with E-state index in [0.717, 1.165) is 35.1 Å². The molecule has 2 aromatic rings. The number of nitrogens with zero attached hydrogens (tertiary/aromatic N) is 1. The van der Waals surface area contributed by atoms with Crippen LogP contribution in [0.2, 0.25) is 5.02 Å². The number of benzene rings is 2. The number of halogens is 4. The molecule has 0 unspecified atom stereocenters. The molecule has 140 valence electrons. The highest BCUT2D eigenvalue weighted by atomic mass is 35.5. The number of nitrogens with one attached hydrogen (secondary N) is 1. The maximum absolute atomic E-state index is 13.0. The molecular weight excluding hydrogens is 365 g/mol. The van der Waals surface area contributed by atoms with Crippen molar-refractivity contribution in [2.45, 2.75) is 33.4 Å². The highest BCUT2D eigenvalue weighted by Crippen LogP contribution is 2.41. The average Bonchev–Trinajstić information content (AvgIpc) is 2.57. The predicted octanol–water partition coefficient (Wildman–Crippen LogP) is 6.62. The fraction of sp³-hybridized carbons (Fsp3) is 0.316. The van der Waals surface area contributed by atoms with Gasteiger partial charge in [0.25, 0.3) is 0 Å². The second-order valence-corrected chi connectivity index (χ2v) is 6.18. The van der Waals surface area contributed by atoms with Crippen LogP contribution in [0.4, 0.5) is 18.9 Å². The third-order valence-corrected chi connectivity index (χ3v) is 4.28. The van der Waals surface area contributed by atoms with E-state index >= 15 is 0 Å². The van der Waals surface area contributed by atoms with Crippen molar-refractivity contribution in [1.29, 1.82) is 0 Å². The van der Waals surface area contributed by atoms with Crippen LogP contribution in [0.1, 0.15) is 30.0 Å². The lowest BCUT2D eigenvalue weighted by molar-refractivity contribution is -0.137. The Morgan fingerprint density at radius 3 is 2.42 bits per heavy atom. The summed E-state index contributed by atoms with van der Waals surface area (Å²) in [7, 11) is 1.71. The first kappa shape index (κ1) is 20.1. The number of anilines is 1. The first-order chi connectivity index (χ1) is 12.2. The number of ether oxygens (including phenoxy) is 1. The second-order valence-electron chi connectivity index (χ2n) is 5.80. The summed E-state index contributed by atoms with van der Waals surface area (Å²) in [4.78, 5) is 4.16. The minimum atomic E-state index is -4.54. The molecule has 1 N–H and O–H groups in total. The van der Waals surface area contributed by atoms with Crippen LogP contribution in [0.15, 0.2) is 35.3 Å². The Morgan fingerprint density at radius 2 is 1.85 bits per heavy atom. The molecule has 0 aliphatic heterocycles. The Morgan fingerprint density at radius 1 is 1.15 bits per heavy atom. The second kappa shape index (κ2) is 7.99. The van der Waals surface area contributed by atoms with E-state index in [4.69, 9.17) is 16.3 Å². The van der Waals surface area contributed by atoms with Crippen LogP contribution >= 0.6 is 11.6 Å². The Hall–Kier alpha value is -2.21. The van der Waals surface area contributed by atoms with Crippen LogP contribution in [0.25, 0.3) is 0 Å². The van der Waals surface area contributed by atoms with Crippen molar-refractivity contribution in [2.75, 3.05) is 12.4 Å². The van der Waals surface area contributed by atoms with E-state index in [2.05, 4.69) is 10.3 Å². The van der Waals surface area contributed by atoms with Crippen molar-refractivity contribution in [3.63, 3.8) is 0 Å². The fourth-order valence-corrected chi connectivity index (χ4v) is 2.69. The molecule has 3 nitrogen and oxygen atoms in total. The fourth-order valence-electron chi connectivity index (χ4n) is 2.42. The van der Waals surface area contributed by atoms with E-state index < -0.39 is 16.8 Å². The van der Waals surface area contributed by atoms with Gasteiger partial charge in [-0.3, -0.25) is 4.99 Å². The zero-order chi connectivity index (χ0) is 19.5. The van der Waals surface area contributed by atoms with E-state index in [1.54, 1.807) is 13.1 Å². The summed E-state index contributed by atoms with van der Waals surface area (Å²) in [5.41, 5.74) is 1.59. The van der Waals surface area contributed by atoms with Crippen molar-refractivity contribution in [3.8, 4) is 11.5 Å². The van der Waals surface area contributed by atoms with Crippen LogP contribution in [0, 0.1) is 13.8 Å². The van der Waals surface area contributed by atoms with Crippen molar-refractivity contribution in [3.05, 3.63) is 52.0 Å². The molecule has 2 aromatic carbocycles. The molecule has 0 atom stereocenters. The summed E-state index contributed by atoms with van der Waals surface area (Å²) in [6, 6.07) is 7.24. The quantitative estimate of drug-likeness (QED) is 0.474. The summed E-state index contributed by atoms with van der Waals surface area (Å²) in [5.74, 6) is 1.25. The summed E-state index contributed by atoms with van der Waals surface area (Å²) in [6.07, 6.45) is -3.78. The monoisotopic (exact) mass is 384 g/mol. The number of aryl methyl sites for hydroxylation is 2. The molecule has 0 saturated carbocycles.